The van der Waals surface area contributed by atoms with E-state index in [-0.39, 0.29) is 48.1 Å². The van der Waals surface area contributed by atoms with Gasteiger partial charge in [-0.1, -0.05) is 37.1 Å². The van der Waals surface area contributed by atoms with E-state index in [0.717, 1.165) is 71.0 Å². The smallest absolute Gasteiger partial charge is 0.335 e. The molecular formula is C53H49N5O8. The van der Waals surface area contributed by atoms with Gasteiger partial charge in [0.15, 0.2) is 0 Å². The number of nitrogens with zero attached hydrogens (tertiary/aromatic N) is 5. The summed E-state index contributed by atoms with van der Waals surface area (Å²) in [5, 5.41) is 19.9. The highest BCUT2D eigenvalue weighted by Crippen LogP contribution is 2.39. The Kier molecular flexibility index (Phi) is 11.5. The van der Waals surface area contributed by atoms with E-state index in [9.17, 15) is 29.4 Å². The molecule has 334 valence electrons. The van der Waals surface area contributed by atoms with Crippen LogP contribution in [0.15, 0.2) is 104 Å². The number of hydrogen-bond donors (Lipinski definition) is 2. The van der Waals surface area contributed by atoms with Crippen molar-refractivity contribution in [2.24, 2.45) is 5.92 Å². The highest BCUT2D eigenvalue weighted by molar-refractivity contribution is 5.99. The van der Waals surface area contributed by atoms with Crippen LogP contribution >= 0.6 is 0 Å². The summed E-state index contributed by atoms with van der Waals surface area (Å²) >= 11 is 0. The number of hydrogen-bond acceptors (Lipinski definition) is 9. The highest BCUT2D eigenvalue weighted by atomic mass is 16.5. The lowest BCUT2D eigenvalue weighted by Crippen LogP contribution is -2.33. The Morgan fingerprint density at radius 1 is 0.652 bits per heavy atom. The summed E-state index contributed by atoms with van der Waals surface area (Å²) in [5.74, 6) is -0.342. The molecule has 0 bridgehead atoms. The lowest BCUT2D eigenvalue weighted by atomic mass is 9.92. The summed E-state index contributed by atoms with van der Waals surface area (Å²) in [4.78, 5) is 68.3. The molecule has 2 amide bonds. The average Bonchev–Trinajstić information content (AvgIpc) is 4.15. The van der Waals surface area contributed by atoms with Crippen molar-refractivity contribution in [3.63, 3.8) is 0 Å². The number of amides is 2. The molecule has 13 nitrogen and oxygen atoms in total. The number of aryl methyl sites for hydroxylation is 1. The molecule has 2 fully saturated rings. The van der Waals surface area contributed by atoms with Gasteiger partial charge in [-0.25, -0.2) is 9.59 Å². The minimum Gasteiger partial charge on any atom is -0.489 e. The molecule has 4 aromatic carbocycles. The largest absolute Gasteiger partial charge is 0.489 e. The van der Waals surface area contributed by atoms with Crippen LogP contribution in [0.5, 0.6) is 11.5 Å². The van der Waals surface area contributed by atoms with E-state index < -0.39 is 11.9 Å². The molecule has 2 N–H and O–H groups in total. The summed E-state index contributed by atoms with van der Waals surface area (Å²) < 4.78 is 12.2. The van der Waals surface area contributed by atoms with E-state index in [4.69, 9.17) is 9.47 Å². The third kappa shape index (κ3) is 8.60. The lowest BCUT2D eigenvalue weighted by Gasteiger charge is -2.24. The van der Waals surface area contributed by atoms with Gasteiger partial charge in [-0.05, 0) is 134 Å². The van der Waals surface area contributed by atoms with Crippen molar-refractivity contribution in [1.82, 2.24) is 24.8 Å². The van der Waals surface area contributed by atoms with Crippen LogP contribution in [0.3, 0.4) is 0 Å². The van der Waals surface area contributed by atoms with E-state index in [1.54, 1.807) is 56.0 Å². The fourth-order valence-electron chi connectivity index (χ4n) is 10.2. The van der Waals surface area contributed by atoms with E-state index in [2.05, 4.69) is 15.0 Å². The van der Waals surface area contributed by atoms with Gasteiger partial charge in [0.2, 0.25) is 0 Å². The lowest BCUT2D eigenvalue weighted by molar-refractivity contribution is 0.0684. The molecular weight excluding hydrogens is 835 g/mol. The molecule has 6 aromatic rings. The fourth-order valence-corrected chi connectivity index (χ4v) is 10.2. The van der Waals surface area contributed by atoms with Gasteiger partial charge in [-0.2, -0.15) is 0 Å². The molecule has 2 atom stereocenters. The van der Waals surface area contributed by atoms with E-state index in [0.29, 0.717) is 65.1 Å². The monoisotopic (exact) mass is 883 g/mol. The number of rotatable bonds is 14. The molecule has 2 aliphatic heterocycles. The van der Waals surface area contributed by atoms with Gasteiger partial charge in [0.1, 0.15) is 24.7 Å². The van der Waals surface area contributed by atoms with Crippen LogP contribution in [0, 0.1) is 12.8 Å². The average molecular weight is 884 g/mol. The van der Waals surface area contributed by atoms with Gasteiger partial charge in [-0.3, -0.25) is 24.5 Å². The summed E-state index contributed by atoms with van der Waals surface area (Å²) in [6.07, 6.45) is 14.3. The quantitative estimate of drug-likeness (QED) is 0.107. The summed E-state index contributed by atoms with van der Waals surface area (Å²) in [6.45, 7) is 3.29. The Balaban J connectivity index is 0.736. The van der Waals surface area contributed by atoms with Crippen molar-refractivity contribution < 1.29 is 38.9 Å². The van der Waals surface area contributed by atoms with Gasteiger partial charge in [-0.15, -0.1) is 0 Å². The Bertz CT molecular complexity index is 2890. The molecule has 2 saturated carbocycles. The highest BCUT2D eigenvalue weighted by Gasteiger charge is 2.38. The van der Waals surface area contributed by atoms with Gasteiger partial charge in [0.05, 0.1) is 34.9 Å². The molecule has 0 saturated heterocycles. The summed E-state index contributed by atoms with van der Waals surface area (Å²) in [5.41, 5.74) is 9.44. The van der Waals surface area contributed by atoms with Crippen LogP contribution in [0.4, 0.5) is 0 Å². The number of pyridine rings is 1. The normalized spacial score (nSPS) is 17.9. The van der Waals surface area contributed by atoms with Crippen LogP contribution in [0.1, 0.15) is 120 Å². The predicted octanol–water partition coefficient (Wildman–Crippen LogP) is 9.33. The second-order valence-electron chi connectivity index (χ2n) is 18.0. The third-order valence-electron chi connectivity index (χ3n) is 13.8. The van der Waals surface area contributed by atoms with Gasteiger partial charge < -0.3 is 29.5 Å². The predicted molar refractivity (Wildman–Crippen MR) is 244 cm³/mol. The van der Waals surface area contributed by atoms with Crippen LogP contribution in [0.2, 0.25) is 0 Å². The van der Waals surface area contributed by atoms with Crippen LogP contribution < -0.4 is 9.47 Å². The first-order valence-corrected chi connectivity index (χ1v) is 22.6. The van der Waals surface area contributed by atoms with Crippen LogP contribution in [0.25, 0.3) is 22.4 Å². The Hall–Kier alpha value is -7.41. The second-order valence-corrected chi connectivity index (χ2v) is 18.0. The zero-order chi connectivity index (χ0) is 45.5. The van der Waals surface area contributed by atoms with Gasteiger partial charge in [0.25, 0.3) is 11.8 Å². The molecule has 2 unspecified atom stereocenters. The third-order valence-corrected chi connectivity index (χ3v) is 13.8. The first kappa shape index (κ1) is 42.5. The van der Waals surface area contributed by atoms with E-state index in [1.165, 1.54) is 12.8 Å². The number of carboxylic acid groups (broad SMARTS) is 2. The van der Waals surface area contributed by atoms with Crippen molar-refractivity contribution in [2.75, 3.05) is 0 Å². The van der Waals surface area contributed by atoms with Crippen molar-refractivity contribution >= 4 is 23.8 Å². The zero-order valence-electron chi connectivity index (χ0n) is 36.6. The maximum absolute atomic E-state index is 13.7. The summed E-state index contributed by atoms with van der Waals surface area (Å²) in [7, 11) is 0. The molecule has 13 heteroatoms. The number of fused-ring (bicyclic) bond motifs is 2. The number of aromatic nitrogens is 3. The topological polar surface area (TPSA) is 172 Å². The van der Waals surface area contributed by atoms with Gasteiger partial charge in [0, 0.05) is 65.4 Å². The van der Waals surface area contributed by atoms with Crippen LogP contribution in [-0.4, -0.2) is 70.8 Å². The van der Waals surface area contributed by atoms with E-state index >= 15 is 0 Å². The zero-order valence-corrected chi connectivity index (χ0v) is 36.6. The maximum atomic E-state index is 13.7. The number of ether oxygens (including phenoxy) is 2. The van der Waals surface area contributed by atoms with Crippen molar-refractivity contribution in [1.29, 1.82) is 0 Å². The first-order valence-electron chi connectivity index (χ1n) is 22.6. The Labute approximate surface area is 382 Å². The molecule has 10 rings (SSSR count). The summed E-state index contributed by atoms with van der Waals surface area (Å²) in [6, 6.07) is 24.3. The number of carbonyl (C=O) groups is 4. The molecule has 4 aliphatic rings. The van der Waals surface area contributed by atoms with Crippen molar-refractivity contribution in [3.8, 4) is 33.9 Å². The van der Waals surface area contributed by atoms with Crippen molar-refractivity contribution in [2.45, 2.75) is 96.7 Å². The number of aromatic carboxylic acids is 2. The Morgan fingerprint density at radius 3 is 2.00 bits per heavy atom. The van der Waals surface area contributed by atoms with Crippen molar-refractivity contribution in [3.05, 3.63) is 159 Å². The number of benzene rings is 4. The minimum atomic E-state index is -0.993. The minimum absolute atomic E-state index is 0.00251. The number of carboxylic acids is 2. The fraction of sp³-hybridized carbons (Fsp3) is 0.302. The Morgan fingerprint density at radius 2 is 1.32 bits per heavy atom. The van der Waals surface area contributed by atoms with Gasteiger partial charge >= 0.3 is 11.9 Å². The van der Waals surface area contributed by atoms with E-state index in [1.807, 2.05) is 64.4 Å². The molecule has 66 heavy (non-hydrogen) atoms. The molecule has 0 spiro atoms. The molecule has 2 aromatic heterocycles. The molecule has 0 radical (unpaired) electrons. The number of carbonyl (C=O) groups excluding carboxylic acids is 2. The standard InChI is InChI=1S/C53H49N5O8/c1-31-6-8-36(22-47(31)52(61)62)49-26-55-40(25-56-49)30-66-44-13-15-46-39(20-44)28-58(51(46)60)42-11-7-32(18-42)16-35-10-9-34(21-48(35)53(63)64)37-17-33(23-54-24-37)29-65-43-12-14-45-38(19-43)27-57(50(45)59)41-4-2-3-5-41/h6,8-10,12-15,17,19-26,32,41-42H,2-5,7,11,16,18,27-30H2,1H3,(H,61,62)(H,63,64). The molecule has 2 aliphatic carbocycles. The maximum Gasteiger partial charge on any atom is 0.335 e. The SMILES string of the molecule is Cc1ccc(-c2cnc(COc3ccc4c(c3)CN(C3CCC(Cc5ccc(-c6cncc(COc7ccc8c(c7)CN(C7CCCC7)C8=O)c6)cc5C(=O)O)C3)C4=O)cn2)cc1C(=O)O. The first-order chi connectivity index (χ1) is 32.0. The second kappa shape index (κ2) is 17.9. The molecule has 4 heterocycles. The van der Waals surface area contributed by atoms with Crippen LogP contribution in [-0.2, 0) is 32.7 Å².